The highest BCUT2D eigenvalue weighted by Crippen LogP contribution is 1.97. The summed E-state index contributed by atoms with van der Waals surface area (Å²) >= 11 is 0. The predicted octanol–water partition coefficient (Wildman–Crippen LogP) is 1.69. The average molecular weight is 113 g/mol. The van der Waals surface area contributed by atoms with E-state index in [1.165, 1.54) is 6.42 Å². The molecule has 0 aliphatic carbocycles. The number of rotatable bonds is 4. The van der Waals surface area contributed by atoms with Crippen molar-refractivity contribution >= 4 is 0 Å². The van der Waals surface area contributed by atoms with E-state index >= 15 is 0 Å². The maximum Gasteiger partial charge on any atom is 0.00732 e. The van der Waals surface area contributed by atoms with E-state index in [2.05, 4.69) is 13.5 Å². The van der Waals surface area contributed by atoms with Crippen molar-refractivity contribution in [1.29, 1.82) is 0 Å². The fourth-order valence-electron chi connectivity index (χ4n) is 0.703. The maximum absolute atomic E-state index is 5.62. The Morgan fingerprint density at radius 1 is 1.75 bits per heavy atom. The molecule has 1 nitrogen and oxygen atoms in total. The second-order valence-electron chi connectivity index (χ2n) is 2.07. The molecule has 0 rings (SSSR count). The van der Waals surface area contributed by atoms with E-state index in [1.807, 2.05) is 6.08 Å². The molecule has 48 valence electrons. The summed E-state index contributed by atoms with van der Waals surface area (Å²) in [6.45, 7) is 5.74. The van der Waals surface area contributed by atoms with Crippen molar-refractivity contribution in [2.75, 3.05) is 0 Å². The van der Waals surface area contributed by atoms with Gasteiger partial charge in [-0.25, -0.2) is 0 Å². The van der Waals surface area contributed by atoms with Crippen molar-refractivity contribution in [3.63, 3.8) is 0 Å². The van der Waals surface area contributed by atoms with Gasteiger partial charge in [0.25, 0.3) is 0 Å². The zero-order chi connectivity index (χ0) is 6.41. The van der Waals surface area contributed by atoms with Crippen LogP contribution in [0, 0.1) is 0 Å². The fourth-order valence-corrected chi connectivity index (χ4v) is 0.703. The van der Waals surface area contributed by atoms with E-state index in [-0.39, 0.29) is 0 Å². The zero-order valence-corrected chi connectivity index (χ0v) is 5.56. The molecule has 1 atom stereocenters. The van der Waals surface area contributed by atoms with Crippen LogP contribution < -0.4 is 5.73 Å². The van der Waals surface area contributed by atoms with E-state index in [0.29, 0.717) is 6.04 Å². The van der Waals surface area contributed by atoms with Gasteiger partial charge < -0.3 is 5.73 Å². The molecule has 2 N–H and O–H groups in total. The van der Waals surface area contributed by atoms with Crippen molar-refractivity contribution in [3.8, 4) is 0 Å². The van der Waals surface area contributed by atoms with Gasteiger partial charge >= 0.3 is 0 Å². The van der Waals surface area contributed by atoms with Gasteiger partial charge in [-0.3, -0.25) is 0 Å². The molecule has 0 heterocycles. The number of hydrogen-bond donors (Lipinski definition) is 1. The summed E-state index contributed by atoms with van der Waals surface area (Å²) in [6, 6.07) is 0.345. The van der Waals surface area contributed by atoms with Gasteiger partial charge in [-0.05, 0) is 12.8 Å². The Kier molecular flexibility index (Phi) is 4.67. The van der Waals surface area contributed by atoms with Gasteiger partial charge in [0.15, 0.2) is 0 Å². The summed E-state index contributed by atoms with van der Waals surface area (Å²) in [5, 5.41) is 0. The summed E-state index contributed by atoms with van der Waals surface area (Å²) in [6.07, 6.45) is 5.12. The van der Waals surface area contributed by atoms with Crippen LogP contribution in [0.15, 0.2) is 12.7 Å². The third-order valence-corrected chi connectivity index (χ3v) is 1.13. The predicted molar refractivity (Wildman–Crippen MR) is 37.7 cm³/mol. The molecule has 0 saturated heterocycles. The summed E-state index contributed by atoms with van der Waals surface area (Å²) < 4.78 is 0. The highest BCUT2D eigenvalue weighted by Gasteiger charge is 1.94. The van der Waals surface area contributed by atoms with Gasteiger partial charge in [-0.15, -0.1) is 6.58 Å². The lowest BCUT2D eigenvalue weighted by molar-refractivity contribution is 0.611. The van der Waals surface area contributed by atoms with E-state index < -0.39 is 0 Å². The van der Waals surface area contributed by atoms with E-state index in [0.717, 1.165) is 12.8 Å². The average Bonchev–Trinajstić information content (AvgIpc) is 1.68. The minimum atomic E-state index is 0.345. The smallest absolute Gasteiger partial charge is 0.00732 e. The van der Waals surface area contributed by atoms with Crippen molar-refractivity contribution in [2.45, 2.75) is 32.2 Å². The maximum atomic E-state index is 5.62. The van der Waals surface area contributed by atoms with Crippen LogP contribution in [0.2, 0.25) is 0 Å². The SMILES string of the molecule is C=CC[C@H](N)CCC. The first-order chi connectivity index (χ1) is 3.81. The van der Waals surface area contributed by atoms with Crippen molar-refractivity contribution in [1.82, 2.24) is 0 Å². The lowest BCUT2D eigenvalue weighted by Crippen LogP contribution is -2.17. The minimum absolute atomic E-state index is 0.345. The van der Waals surface area contributed by atoms with Crippen LogP contribution in [0.1, 0.15) is 26.2 Å². The Morgan fingerprint density at radius 3 is 2.75 bits per heavy atom. The quantitative estimate of drug-likeness (QED) is 0.552. The van der Waals surface area contributed by atoms with Crippen molar-refractivity contribution in [2.24, 2.45) is 5.73 Å². The molecule has 0 spiro atoms. The van der Waals surface area contributed by atoms with Crippen LogP contribution in [-0.4, -0.2) is 6.04 Å². The summed E-state index contributed by atoms with van der Waals surface area (Å²) in [4.78, 5) is 0. The molecular weight excluding hydrogens is 98.1 g/mol. The Hall–Kier alpha value is -0.300. The van der Waals surface area contributed by atoms with Crippen LogP contribution in [0.5, 0.6) is 0 Å². The fraction of sp³-hybridized carbons (Fsp3) is 0.714. The largest absolute Gasteiger partial charge is 0.327 e. The second-order valence-corrected chi connectivity index (χ2v) is 2.07. The topological polar surface area (TPSA) is 26.0 Å². The molecule has 0 aromatic carbocycles. The summed E-state index contributed by atoms with van der Waals surface area (Å²) in [5.74, 6) is 0. The molecule has 0 fully saturated rings. The Bertz CT molecular complexity index is 59.4. The first-order valence-corrected chi connectivity index (χ1v) is 3.17. The highest BCUT2D eigenvalue weighted by atomic mass is 14.6. The van der Waals surface area contributed by atoms with Crippen LogP contribution in [0.25, 0.3) is 0 Å². The zero-order valence-electron chi connectivity index (χ0n) is 5.56. The van der Waals surface area contributed by atoms with Crippen LogP contribution in [0.3, 0.4) is 0 Å². The van der Waals surface area contributed by atoms with Crippen LogP contribution in [-0.2, 0) is 0 Å². The Labute approximate surface area is 51.6 Å². The van der Waals surface area contributed by atoms with Crippen molar-refractivity contribution in [3.05, 3.63) is 12.7 Å². The molecule has 8 heavy (non-hydrogen) atoms. The first-order valence-electron chi connectivity index (χ1n) is 3.17. The van der Waals surface area contributed by atoms with Gasteiger partial charge in [0, 0.05) is 6.04 Å². The number of hydrogen-bond acceptors (Lipinski definition) is 1. The molecular formula is C7H15N. The first kappa shape index (κ1) is 7.70. The van der Waals surface area contributed by atoms with Crippen LogP contribution >= 0.6 is 0 Å². The monoisotopic (exact) mass is 113 g/mol. The van der Waals surface area contributed by atoms with Gasteiger partial charge in [0.05, 0.1) is 0 Å². The van der Waals surface area contributed by atoms with E-state index in [9.17, 15) is 0 Å². The molecule has 0 saturated carbocycles. The third kappa shape index (κ3) is 3.88. The molecule has 0 radical (unpaired) electrons. The van der Waals surface area contributed by atoms with Gasteiger partial charge in [0.2, 0.25) is 0 Å². The molecule has 0 unspecified atom stereocenters. The Balaban J connectivity index is 3.03. The normalized spacial score (nSPS) is 13.2. The lowest BCUT2D eigenvalue weighted by Gasteiger charge is -2.04. The molecule has 0 amide bonds. The molecule has 0 aromatic rings. The number of nitrogens with two attached hydrogens (primary N) is 1. The van der Waals surface area contributed by atoms with Crippen molar-refractivity contribution < 1.29 is 0 Å². The van der Waals surface area contributed by atoms with Crippen LogP contribution in [0.4, 0.5) is 0 Å². The standard InChI is InChI=1S/C7H15N/c1-3-5-7(8)6-4-2/h3,7H,1,4-6,8H2,2H3/t7-/m0/s1. The van der Waals surface area contributed by atoms with Gasteiger partial charge in [-0.2, -0.15) is 0 Å². The minimum Gasteiger partial charge on any atom is -0.327 e. The molecule has 0 aliphatic heterocycles. The molecule has 1 heteroatoms. The second kappa shape index (κ2) is 4.85. The molecule has 0 bridgehead atoms. The molecule has 0 aromatic heterocycles. The Morgan fingerprint density at radius 2 is 2.38 bits per heavy atom. The molecule has 0 aliphatic rings. The third-order valence-electron chi connectivity index (χ3n) is 1.13. The highest BCUT2D eigenvalue weighted by molar-refractivity contribution is 4.74. The van der Waals surface area contributed by atoms with Gasteiger partial charge in [0.1, 0.15) is 0 Å². The summed E-state index contributed by atoms with van der Waals surface area (Å²) in [5.41, 5.74) is 5.62. The van der Waals surface area contributed by atoms with Gasteiger partial charge in [-0.1, -0.05) is 19.4 Å². The lowest BCUT2D eigenvalue weighted by atomic mass is 10.1. The summed E-state index contributed by atoms with van der Waals surface area (Å²) in [7, 11) is 0. The van der Waals surface area contributed by atoms with E-state index in [1.54, 1.807) is 0 Å². The van der Waals surface area contributed by atoms with E-state index in [4.69, 9.17) is 5.73 Å².